The molecular weight excluding hydrogens is 546 g/mol. The molecule has 9 nitrogen and oxygen atoms in total. The minimum absolute atomic E-state index is 0.0173. The van der Waals surface area contributed by atoms with Crippen molar-refractivity contribution in [3.8, 4) is 0 Å². The van der Waals surface area contributed by atoms with Crippen molar-refractivity contribution in [2.24, 2.45) is 11.8 Å². The summed E-state index contributed by atoms with van der Waals surface area (Å²) in [4.78, 5) is 25.0. The zero-order valence-corrected chi connectivity index (χ0v) is 25.8. The van der Waals surface area contributed by atoms with E-state index < -0.39 is 15.9 Å². The maximum Gasteiger partial charge on any atom is 0.233 e. The van der Waals surface area contributed by atoms with Crippen molar-refractivity contribution in [3.05, 3.63) is 24.3 Å². The Kier molecular flexibility index (Phi) is 15.0. The number of carbonyl (C=O) groups excluding carboxylic acids is 2. The van der Waals surface area contributed by atoms with Crippen LogP contribution in [0.2, 0.25) is 0 Å². The first-order chi connectivity index (χ1) is 19.7. The maximum atomic E-state index is 13.3. The van der Waals surface area contributed by atoms with E-state index in [-0.39, 0.29) is 48.8 Å². The largest absolute Gasteiger partial charge is 0.353 e. The minimum Gasteiger partial charge on any atom is -0.353 e. The molecule has 234 valence electrons. The van der Waals surface area contributed by atoms with Gasteiger partial charge in [-0.1, -0.05) is 50.5 Å². The molecule has 0 radical (unpaired) electrons. The number of allylic oxidation sites excluding steroid dienone is 3. The number of rotatable bonds is 17. The molecule has 0 aromatic carbocycles. The topological polar surface area (TPSA) is 117 Å². The highest BCUT2D eigenvalue weighted by molar-refractivity contribution is 7.89. The Morgan fingerprint density at radius 3 is 2.44 bits per heavy atom. The van der Waals surface area contributed by atoms with Gasteiger partial charge in [-0.3, -0.25) is 14.3 Å². The van der Waals surface area contributed by atoms with Crippen LogP contribution in [0, 0.1) is 11.8 Å². The number of hydrogen-bond donors (Lipinski definition) is 1. The van der Waals surface area contributed by atoms with Crippen LogP contribution < -0.4 is 4.72 Å². The molecule has 3 aliphatic rings. The molecule has 0 aromatic rings. The number of amides is 1. The molecule has 0 spiro atoms. The summed E-state index contributed by atoms with van der Waals surface area (Å²) in [5, 5.41) is 0. The van der Waals surface area contributed by atoms with Gasteiger partial charge in [0.15, 0.2) is 12.6 Å². The molecule has 3 fully saturated rings. The Bertz CT molecular complexity index is 953. The van der Waals surface area contributed by atoms with E-state index in [9.17, 15) is 18.0 Å². The van der Waals surface area contributed by atoms with Gasteiger partial charge in [-0.25, -0.2) is 8.42 Å². The van der Waals surface area contributed by atoms with Crippen molar-refractivity contribution < 1.29 is 37.0 Å². The van der Waals surface area contributed by atoms with Gasteiger partial charge in [-0.05, 0) is 64.2 Å². The first-order valence-corrected chi connectivity index (χ1v) is 17.5. The summed E-state index contributed by atoms with van der Waals surface area (Å²) in [5.41, 5.74) is 0. The minimum atomic E-state index is -3.53. The molecule has 0 aromatic heterocycles. The fourth-order valence-corrected chi connectivity index (χ4v) is 6.25. The van der Waals surface area contributed by atoms with Crippen molar-refractivity contribution in [2.75, 3.05) is 19.5 Å². The van der Waals surface area contributed by atoms with Gasteiger partial charge in [0.25, 0.3) is 0 Å². The summed E-state index contributed by atoms with van der Waals surface area (Å²) in [7, 11) is -3.53. The molecule has 41 heavy (non-hydrogen) atoms. The zero-order chi connectivity index (χ0) is 29.5. The fourth-order valence-electron chi connectivity index (χ4n) is 5.74. The van der Waals surface area contributed by atoms with E-state index in [2.05, 4.69) is 19.1 Å². The lowest BCUT2D eigenvalue weighted by molar-refractivity contribution is -0.195. The molecule has 0 bridgehead atoms. The van der Waals surface area contributed by atoms with Gasteiger partial charge in [0, 0.05) is 37.9 Å². The summed E-state index contributed by atoms with van der Waals surface area (Å²) >= 11 is 0. The zero-order valence-electron chi connectivity index (χ0n) is 25.0. The third-order valence-corrected chi connectivity index (χ3v) is 8.51. The number of nitrogens with one attached hydrogen (secondary N) is 1. The SMILES string of the molecule is CCCCC[C@@H](C=C[C@H]1C(=O)C[C@H](OC2CCCCO2)[C@@H]1CC=CCCCC(=O)NS(C)(=O)=O)OC1CCCCO1. The maximum absolute atomic E-state index is 13.3. The average Bonchev–Trinajstić information content (AvgIpc) is 3.22. The predicted molar refractivity (Wildman–Crippen MR) is 157 cm³/mol. The van der Waals surface area contributed by atoms with Crippen LogP contribution in [0.3, 0.4) is 0 Å². The van der Waals surface area contributed by atoms with E-state index in [1.54, 1.807) is 0 Å². The smallest absolute Gasteiger partial charge is 0.233 e. The molecule has 2 saturated heterocycles. The average molecular weight is 598 g/mol. The first-order valence-electron chi connectivity index (χ1n) is 15.7. The van der Waals surface area contributed by atoms with Gasteiger partial charge < -0.3 is 18.9 Å². The van der Waals surface area contributed by atoms with Gasteiger partial charge in [-0.15, -0.1) is 0 Å². The van der Waals surface area contributed by atoms with Gasteiger partial charge in [0.1, 0.15) is 5.78 Å². The van der Waals surface area contributed by atoms with Crippen molar-refractivity contribution in [1.82, 2.24) is 4.72 Å². The summed E-state index contributed by atoms with van der Waals surface area (Å²) < 4.78 is 48.7. The number of unbranched alkanes of at least 4 members (excludes halogenated alkanes) is 3. The van der Waals surface area contributed by atoms with Crippen LogP contribution in [0.15, 0.2) is 24.3 Å². The molecule has 3 rings (SSSR count). The predicted octanol–water partition coefficient (Wildman–Crippen LogP) is 5.34. The summed E-state index contributed by atoms with van der Waals surface area (Å²) in [5.74, 6) is -0.600. The van der Waals surface area contributed by atoms with Crippen LogP contribution in [0.4, 0.5) is 0 Å². The van der Waals surface area contributed by atoms with E-state index in [1.165, 1.54) is 0 Å². The van der Waals surface area contributed by atoms with Crippen LogP contribution in [0.5, 0.6) is 0 Å². The number of ketones is 1. The number of hydrogen-bond acceptors (Lipinski definition) is 8. The van der Waals surface area contributed by atoms with Crippen LogP contribution in [0.25, 0.3) is 0 Å². The first kappa shape index (κ1) is 33.9. The molecule has 10 heteroatoms. The summed E-state index contributed by atoms with van der Waals surface area (Å²) in [6, 6.07) is 0. The van der Waals surface area contributed by atoms with Crippen LogP contribution in [0.1, 0.15) is 103 Å². The highest BCUT2D eigenvalue weighted by Crippen LogP contribution is 2.37. The van der Waals surface area contributed by atoms with E-state index >= 15 is 0 Å². The molecule has 1 saturated carbocycles. The van der Waals surface area contributed by atoms with E-state index in [0.29, 0.717) is 32.3 Å². The highest BCUT2D eigenvalue weighted by Gasteiger charge is 2.42. The molecule has 1 amide bonds. The Morgan fingerprint density at radius 2 is 1.78 bits per heavy atom. The van der Waals surface area contributed by atoms with Crippen LogP contribution in [-0.4, -0.2) is 64.4 Å². The standard InChI is InChI=1S/C31H51NO8S/c1-3-4-7-14-24(39-30-17-10-12-21-37-30)19-20-25-26(15-8-5-6-9-16-29(34)32-41(2,35)36)28(23-27(25)33)40-31-18-11-13-22-38-31/h5,8,19-20,24-26,28,30-31H,3-4,6-7,9-18,21-23H2,1-2H3,(H,32,34)/t24-,25+,26+,28-,30?,31?/m0/s1. The molecule has 1 aliphatic carbocycles. The molecule has 2 unspecified atom stereocenters. The Balaban J connectivity index is 1.63. The summed E-state index contributed by atoms with van der Waals surface area (Å²) in [6.07, 6.45) is 21.0. The molecular formula is C31H51NO8S. The monoisotopic (exact) mass is 597 g/mol. The van der Waals surface area contributed by atoms with E-state index in [1.807, 2.05) is 16.9 Å². The second-order valence-electron chi connectivity index (χ2n) is 11.6. The van der Waals surface area contributed by atoms with Crippen molar-refractivity contribution in [3.63, 3.8) is 0 Å². The molecule has 1 N–H and O–H groups in total. The highest BCUT2D eigenvalue weighted by atomic mass is 32.2. The van der Waals surface area contributed by atoms with Gasteiger partial charge in [-0.2, -0.15) is 0 Å². The number of ether oxygens (including phenoxy) is 4. The molecule has 6 atom stereocenters. The Labute approximate surface area is 246 Å². The lowest BCUT2D eigenvalue weighted by Crippen LogP contribution is -2.31. The van der Waals surface area contributed by atoms with Crippen molar-refractivity contribution in [1.29, 1.82) is 0 Å². The Hall–Kier alpha value is -1.59. The molecule has 2 heterocycles. The Morgan fingerprint density at radius 1 is 1.05 bits per heavy atom. The third-order valence-electron chi connectivity index (χ3n) is 7.92. The number of carbonyl (C=O) groups is 2. The lowest BCUT2D eigenvalue weighted by Gasteiger charge is -2.29. The second kappa shape index (κ2) is 18.2. The van der Waals surface area contributed by atoms with Crippen molar-refractivity contribution in [2.45, 2.75) is 128 Å². The van der Waals surface area contributed by atoms with E-state index in [0.717, 1.165) is 77.1 Å². The van der Waals surface area contributed by atoms with Gasteiger partial charge in [0.05, 0.1) is 18.5 Å². The number of sulfonamides is 1. The number of Topliss-reactive ketones (excluding diaryl/α,β-unsaturated/α-hetero) is 1. The van der Waals surface area contributed by atoms with Crippen LogP contribution >= 0.6 is 0 Å². The fraction of sp³-hybridized carbons (Fsp3) is 0.806. The van der Waals surface area contributed by atoms with Gasteiger partial charge >= 0.3 is 0 Å². The summed E-state index contributed by atoms with van der Waals surface area (Å²) in [6.45, 7) is 3.61. The normalized spacial score (nSPS) is 28.4. The van der Waals surface area contributed by atoms with Crippen LogP contribution in [-0.2, 0) is 38.6 Å². The molecule has 2 aliphatic heterocycles. The lowest BCUT2D eigenvalue weighted by atomic mass is 9.89. The van der Waals surface area contributed by atoms with Crippen molar-refractivity contribution >= 4 is 21.7 Å². The quantitative estimate of drug-likeness (QED) is 0.176. The second-order valence-corrected chi connectivity index (χ2v) is 13.3. The third kappa shape index (κ3) is 13.1. The van der Waals surface area contributed by atoms with E-state index in [4.69, 9.17) is 18.9 Å². The van der Waals surface area contributed by atoms with Gasteiger partial charge in [0.2, 0.25) is 15.9 Å².